The second-order valence-electron chi connectivity index (χ2n) is 5.80. The summed E-state index contributed by atoms with van der Waals surface area (Å²) in [4.78, 5) is 16.5. The van der Waals surface area contributed by atoms with Crippen LogP contribution in [0.5, 0.6) is 23.1 Å². The fourth-order valence-corrected chi connectivity index (χ4v) is 2.55. The Morgan fingerprint density at radius 1 is 1.00 bits per heavy atom. The van der Waals surface area contributed by atoms with Crippen molar-refractivity contribution in [2.45, 2.75) is 13.0 Å². The molecule has 3 aromatic rings. The van der Waals surface area contributed by atoms with E-state index in [0.29, 0.717) is 22.9 Å². The number of aromatic nitrogens is 1. The Hall–Kier alpha value is -3.54. The number of benzene rings is 2. The van der Waals surface area contributed by atoms with Gasteiger partial charge in [0.15, 0.2) is 11.5 Å². The smallest absolute Gasteiger partial charge is 0.224 e. The first-order valence-corrected chi connectivity index (χ1v) is 8.45. The SMILES string of the molecule is COc1ccccc1Oc1ncccc1CNC(=O)Cc1ccccc1O. The van der Waals surface area contributed by atoms with E-state index in [0.717, 1.165) is 5.56 Å². The second kappa shape index (κ2) is 8.71. The Morgan fingerprint density at radius 3 is 2.48 bits per heavy atom. The monoisotopic (exact) mass is 364 g/mol. The highest BCUT2D eigenvalue weighted by atomic mass is 16.5. The number of amides is 1. The maximum absolute atomic E-state index is 12.2. The number of hydrogen-bond acceptors (Lipinski definition) is 5. The van der Waals surface area contributed by atoms with Crippen molar-refractivity contribution < 1.29 is 19.4 Å². The molecule has 138 valence electrons. The van der Waals surface area contributed by atoms with E-state index in [1.807, 2.05) is 18.2 Å². The van der Waals surface area contributed by atoms with Gasteiger partial charge in [0.05, 0.1) is 13.5 Å². The van der Waals surface area contributed by atoms with Gasteiger partial charge in [0.1, 0.15) is 5.75 Å². The summed E-state index contributed by atoms with van der Waals surface area (Å²) in [6.45, 7) is 0.255. The average molecular weight is 364 g/mol. The third-order valence-electron chi connectivity index (χ3n) is 3.94. The van der Waals surface area contributed by atoms with Crippen LogP contribution in [0, 0.1) is 0 Å². The molecule has 27 heavy (non-hydrogen) atoms. The zero-order chi connectivity index (χ0) is 19.1. The van der Waals surface area contributed by atoms with Crippen LogP contribution < -0.4 is 14.8 Å². The molecule has 1 amide bonds. The first-order valence-electron chi connectivity index (χ1n) is 8.45. The number of nitrogens with zero attached hydrogens (tertiary/aromatic N) is 1. The summed E-state index contributed by atoms with van der Waals surface area (Å²) in [5.74, 6) is 1.43. The van der Waals surface area contributed by atoms with Crippen molar-refractivity contribution in [3.8, 4) is 23.1 Å². The number of ether oxygens (including phenoxy) is 2. The van der Waals surface area contributed by atoms with Crippen LogP contribution in [-0.2, 0) is 17.8 Å². The normalized spacial score (nSPS) is 10.3. The molecule has 0 atom stereocenters. The predicted octanol–water partition coefficient (Wildman–Crippen LogP) is 3.45. The van der Waals surface area contributed by atoms with Crippen molar-refractivity contribution in [2.75, 3.05) is 7.11 Å². The Kier molecular flexibility index (Phi) is 5.89. The summed E-state index contributed by atoms with van der Waals surface area (Å²) in [7, 11) is 1.57. The molecule has 0 unspecified atom stereocenters. The molecule has 0 aliphatic rings. The van der Waals surface area contributed by atoms with Gasteiger partial charge in [-0.3, -0.25) is 4.79 Å². The van der Waals surface area contributed by atoms with Gasteiger partial charge in [-0.05, 0) is 24.3 Å². The molecule has 6 nitrogen and oxygen atoms in total. The van der Waals surface area contributed by atoms with Gasteiger partial charge in [0, 0.05) is 23.9 Å². The van der Waals surface area contributed by atoms with Crippen molar-refractivity contribution in [3.63, 3.8) is 0 Å². The van der Waals surface area contributed by atoms with Crippen LogP contribution in [-0.4, -0.2) is 23.1 Å². The highest BCUT2D eigenvalue weighted by molar-refractivity contribution is 5.79. The number of nitrogens with one attached hydrogen (secondary N) is 1. The number of aromatic hydroxyl groups is 1. The van der Waals surface area contributed by atoms with Crippen molar-refractivity contribution in [2.24, 2.45) is 0 Å². The minimum atomic E-state index is -0.205. The quantitative estimate of drug-likeness (QED) is 0.671. The third-order valence-corrected chi connectivity index (χ3v) is 3.94. The molecular formula is C21H20N2O4. The minimum Gasteiger partial charge on any atom is -0.508 e. The van der Waals surface area contributed by atoms with E-state index in [2.05, 4.69) is 10.3 Å². The molecule has 0 radical (unpaired) electrons. The largest absolute Gasteiger partial charge is 0.508 e. The summed E-state index contributed by atoms with van der Waals surface area (Å²) in [5, 5.41) is 12.6. The lowest BCUT2D eigenvalue weighted by Crippen LogP contribution is -2.24. The lowest BCUT2D eigenvalue weighted by Gasteiger charge is -2.13. The molecule has 0 saturated heterocycles. The Labute approximate surface area is 157 Å². The highest BCUT2D eigenvalue weighted by Gasteiger charge is 2.12. The fourth-order valence-electron chi connectivity index (χ4n) is 2.55. The second-order valence-corrected chi connectivity index (χ2v) is 5.80. The molecule has 0 bridgehead atoms. The summed E-state index contributed by atoms with van der Waals surface area (Å²) in [6.07, 6.45) is 1.72. The topological polar surface area (TPSA) is 80.7 Å². The molecule has 2 N–H and O–H groups in total. The fraction of sp³-hybridized carbons (Fsp3) is 0.143. The Bertz CT molecular complexity index is 927. The number of carbonyl (C=O) groups excluding carboxylic acids is 1. The van der Waals surface area contributed by atoms with E-state index in [-0.39, 0.29) is 24.6 Å². The van der Waals surface area contributed by atoms with E-state index in [4.69, 9.17) is 9.47 Å². The molecule has 0 aliphatic heterocycles. The van der Waals surface area contributed by atoms with E-state index in [9.17, 15) is 9.90 Å². The number of para-hydroxylation sites is 3. The number of methoxy groups -OCH3 is 1. The van der Waals surface area contributed by atoms with Crippen LogP contribution in [0.25, 0.3) is 0 Å². The van der Waals surface area contributed by atoms with Gasteiger partial charge in [-0.1, -0.05) is 36.4 Å². The number of phenols is 1. The van der Waals surface area contributed by atoms with Crippen LogP contribution in [0.2, 0.25) is 0 Å². The lowest BCUT2D eigenvalue weighted by molar-refractivity contribution is -0.120. The van der Waals surface area contributed by atoms with Gasteiger partial charge in [-0.25, -0.2) is 4.98 Å². The zero-order valence-corrected chi connectivity index (χ0v) is 14.9. The van der Waals surface area contributed by atoms with Gasteiger partial charge in [-0.15, -0.1) is 0 Å². The van der Waals surface area contributed by atoms with E-state index in [1.54, 1.807) is 55.8 Å². The first-order chi connectivity index (χ1) is 13.2. The summed E-state index contributed by atoms with van der Waals surface area (Å²) in [5.41, 5.74) is 1.31. The number of carbonyl (C=O) groups is 1. The maximum atomic E-state index is 12.2. The zero-order valence-electron chi connectivity index (χ0n) is 14.9. The van der Waals surface area contributed by atoms with Crippen molar-refractivity contribution in [1.82, 2.24) is 10.3 Å². The standard InChI is InChI=1S/C21H20N2O4/c1-26-18-10-4-5-11-19(18)27-21-16(8-6-12-22-21)14-23-20(25)13-15-7-2-3-9-17(15)24/h2-12,24H,13-14H2,1H3,(H,23,25). The van der Waals surface area contributed by atoms with Crippen molar-refractivity contribution >= 4 is 5.91 Å². The van der Waals surface area contributed by atoms with Crippen molar-refractivity contribution in [3.05, 3.63) is 78.0 Å². The first kappa shape index (κ1) is 18.3. The molecule has 1 heterocycles. The summed E-state index contributed by atoms with van der Waals surface area (Å²) in [6, 6.07) is 17.7. The molecule has 0 saturated carbocycles. The van der Waals surface area contributed by atoms with E-state index in [1.165, 1.54) is 0 Å². The molecule has 0 aliphatic carbocycles. The Balaban J connectivity index is 1.67. The molecule has 1 aromatic heterocycles. The predicted molar refractivity (Wildman–Crippen MR) is 101 cm³/mol. The average Bonchev–Trinajstić information content (AvgIpc) is 2.69. The third kappa shape index (κ3) is 4.76. The summed E-state index contributed by atoms with van der Waals surface area (Å²) < 4.78 is 11.2. The van der Waals surface area contributed by atoms with Crippen LogP contribution in [0.4, 0.5) is 0 Å². The van der Waals surface area contributed by atoms with Gasteiger partial charge in [0.25, 0.3) is 0 Å². The number of hydrogen-bond donors (Lipinski definition) is 2. The van der Waals surface area contributed by atoms with Crippen molar-refractivity contribution in [1.29, 1.82) is 0 Å². The number of pyridine rings is 1. The van der Waals surface area contributed by atoms with E-state index >= 15 is 0 Å². The minimum absolute atomic E-state index is 0.0929. The molecule has 2 aromatic carbocycles. The molecule has 0 fully saturated rings. The van der Waals surface area contributed by atoms with E-state index < -0.39 is 0 Å². The molecule has 3 rings (SSSR count). The molecule has 6 heteroatoms. The van der Waals surface area contributed by atoms with Crippen LogP contribution in [0.1, 0.15) is 11.1 Å². The lowest BCUT2D eigenvalue weighted by atomic mass is 10.1. The van der Waals surface area contributed by atoms with Gasteiger partial charge >= 0.3 is 0 Å². The van der Waals surface area contributed by atoms with Crippen LogP contribution >= 0.6 is 0 Å². The van der Waals surface area contributed by atoms with Gasteiger partial charge < -0.3 is 19.9 Å². The van der Waals surface area contributed by atoms with Crippen LogP contribution in [0.3, 0.4) is 0 Å². The van der Waals surface area contributed by atoms with Crippen LogP contribution in [0.15, 0.2) is 66.9 Å². The summed E-state index contributed by atoms with van der Waals surface area (Å²) >= 11 is 0. The van der Waals surface area contributed by atoms with Gasteiger partial charge in [0.2, 0.25) is 11.8 Å². The maximum Gasteiger partial charge on any atom is 0.224 e. The number of rotatable bonds is 7. The Morgan fingerprint density at radius 2 is 1.70 bits per heavy atom. The highest BCUT2D eigenvalue weighted by Crippen LogP contribution is 2.31. The van der Waals surface area contributed by atoms with Gasteiger partial charge in [-0.2, -0.15) is 0 Å². The number of phenolic OH excluding ortho intramolecular Hbond substituents is 1. The molecular weight excluding hydrogens is 344 g/mol. The molecule has 0 spiro atoms.